The van der Waals surface area contributed by atoms with E-state index in [1.54, 1.807) is 4.90 Å². The lowest BCUT2D eigenvalue weighted by atomic mass is 9.84. The standard InChI is InChI=1S/C17H23NO2/c1-12-7-8-13(17(2,3)4)11-14(12)15(19)16(20)18-9-5-6-10-18/h7-8,11H,5-6,9-10H2,1-4H3. The Hall–Kier alpha value is -1.64. The van der Waals surface area contributed by atoms with Crippen molar-refractivity contribution in [3.05, 3.63) is 34.9 Å². The number of Topliss-reactive ketones (excluding diaryl/α,β-unsaturated/α-hetero) is 1. The molecule has 0 bridgehead atoms. The number of ketones is 1. The molecule has 1 aliphatic heterocycles. The van der Waals surface area contributed by atoms with Gasteiger partial charge in [-0.1, -0.05) is 32.9 Å². The van der Waals surface area contributed by atoms with Crippen LogP contribution >= 0.6 is 0 Å². The summed E-state index contributed by atoms with van der Waals surface area (Å²) < 4.78 is 0. The van der Waals surface area contributed by atoms with Gasteiger partial charge in [-0.05, 0) is 42.4 Å². The van der Waals surface area contributed by atoms with Gasteiger partial charge in [0.1, 0.15) is 0 Å². The maximum absolute atomic E-state index is 12.4. The van der Waals surface area contributed by atoms with Crippen LogP contribution in [-0.4, -0.2) is 29.7 Å². The fourth-order valence-corrected chi connectivity index (χ4v) is 2.51. The van der Waals surface area contributed by atoms with E-state index in [1.165, 1.54) is 0 Å². The van der Waals surface area contributed by atoms with Gasteiger partial charge in [-0.3, -0.25) is 9.59 Å². The van der Waals surface area contributed by atoms with Crippen molar-refractivity contribution >= 4 is 11.7 Å². The molecule has 1 aromatic rings. The minimum Gasteiger partial charge on any atom is -0.336 e. The highest BCUT2D eigenvalue weighted by atomic mass is 16.2. The molecule has 3 nitrogen and oxygen atoms in total. The molecular formula is C17H23NO2. The number of carbonyl (C=O) groups is 2. The maximum atomic E-state index is 12.4. The van der Waals surface area contributed by atoms with Gasteiger partial charge >= 0.3 is 0 Å². The molecule has 0 radical (unpaired) electrons. The first-order valence-corrected chi connectivity index (χ1v) is 7.25. The molecule has 1 heterocycles. The van der Waals surface area contributed by atoms with Crippen LogP contribution < -0.4 is 0 Å². The predicted molar refractivity (Wildman–Crippen MR) is 80.0 cm³/mol. The molecule has 20 heavy (non-hydrogen) atoms. The van der Waals surface area contributed by atoms with E-state index in [-0.39, 0.29) is 17.1 Å². The third-order valence-electron chi connectivity index (χ3n) is 3.94. The van der Waals surface area contributed by atoms with Crippen molar-refractivity contribution in [1.82, 2.24) is 4.90 Å². The van der Waals surface area contributed by atoms with Gasteiger partial charge in [-0.25, -0.2) is 0 Å². The fraction of sp³-hybridized carbons (Fsp3) is 0.529. The topological polar surface area (TPSA) is 37.4 Å². The van der Waals surface area contributed by atoms with E-state index in [0.717, 1.165) is 24.0 Å². The second-order valence-corrected chi connectivity index (χ2v) is 6.61. The molecular weight excluding hydrogens is 250 g/mol. The molecule has 1 saturated heterocycles. The van der Waals surface area contributed by atoms with Gasteiger partial charge in [-0.2, -0.15) is 0 Å². The lowest BCUT2D eigenvalue weighted by molar-refractivity contribution is -0.125. The molecule has 1 fully saturated rings. The summed E-state index contributed by atoms with van der Waals surface area (Å²) in [6.07, 6.45) is 2.00. The predicted octanol–water partition coefficient (Wildman–Crippen LogP) is 3.10. The summed E-state index contributed by atoms with van der Waals surface area (Å²) in [5, 5.41) is 0. The summed E-state index contributed by atoms with van der Waals surface area (Å²) in [5.41, 5.74) is 2.48. The molecule has 108 valence electrons. The Kier molecular flexibility index (Phi) is 3.98. The molecule has 0 aliphatic carbocycles. The molecule has 2 rings (SSSR count). The second kappa shape index (κ2) is 5.39. The van der Waals surface area contributed by atoms with Crippen molar-refractivity contribution in [3.8, 4) is 0 Å². The first-order valence-electron chi connectivity index (χ1n) is 7.25. The molecule has 0 saturated carbocycles. The van der Waals surface area contributed by atoms with Crippen molar-refractivity contribution in [1.29, 1.82) is 0 Å². The van der Waals surface area contributed by atoms with Gasteiger partial charge < -0.3 is 4.90 Å². The van der Waals surface area contributed by atoms with Crippen LogP contribution in [0.2, 0.25) is 0 Å². The van der Waals surface area contributed by atoms with Crippen LogP contribution in [0.15, 0.2) is 18.2 Å². The summed E-state index contributed by atoms with van der Waals surface area (Å²) in [6, 6.07) is 5.85. The maximum Gasteiger partial charge on any atom is 0.294 e. The number of hydrogen-bond donors (Lipinski definition) is 0. The number of amides is 1. The van der Waals surface area contributed by atoms with E-state index >= 15 is 0 Å². The van der Waals surface area contributed by atoms with Gasteiger partial charge in [-0.15, -0.1) is 0 Å². The SMILES string of the molecule is Cc1ccc(C(C)(C)C)cc1C(=O)C(=O)N1CCCC1. The van der Waals surface area contributed by atoms with Crippen LogP contribution in [0, 0.1) is 6.92 Å². The Labute approximate surface area is 121 Å². The van der Waals surface area contributed by atoms with Crippen LogP contribution in [0.4, 0.5) is 0 Å². The zero-order valence-electron chi connectivity index (χ0n) is 12.8. The van der Waals surface area contributed by atoms with E-state index in [9.17, 15) is 9.59 Å². The van der Waals surface area contributed by atoms with E-state index in [1.807, 2.05) is 25.1 Å². The smallest absolute Gasteiger partial charge is 0.294 e. The first-order chi connectivity index (χ1) is 9.30. The molecule has 1 amide bonds. The average molecular weight is 273 g/mol. The van der Waals surface area contributed by atoms with Gasteiger partial charge in [0.25, 0.3) is 11.7 Å². The minimum absolute atomic E-state index is 0.0284. The number of aryl methyl sites for hydroxylation is 1. The zero-order chi connectivity index (χ0) is 14.9. The Morgan fingerprint density at radius 3 is 2.25 bits per heavy atom. The molecule has 0 spiro atoms. The second-order valence-electron chi connectivity index (χ2n) is 6.61. The van der Waals surface area contributed by atoms with Gasteiger partial charge in [0.2, 0.25) is 0 Å². The van der Waals surface area contributed by atoms with E-state index in [0.29, 0.717) is 18.7 Å². The number of hydrogen-bond acceptors (Lipinski definition) is 2. The molecule has 0 aromatic heterocycles. The van der Waals surface area contributed by atoms with Gasteiger partial charge in [0.15, 0.2) is 0 Å². The number of rotatable bonds is 2. The Morgan fingerprint density at radius 1 is 1.10 bits per heavy atom. The molecule has 0 atom stereocenters. The largest absolute Gasteiger partial charge is 0.336 e. The fourth-order valence-electron chi connectivity index (χ4n) is 2.51. The zero-order valence-corrected chi connectivity index (χ0v) is 12.8. The number of likely N-dealkylation sites (tertiary alicyclic amines) is 1. The van der Waals surface area contributed by atoms with Crippen molar-refractivity contribution in [2.75, 3.05) is 13.1 Å². The van der Waals surface area contributed by atoms with Gasteiger partial charge in [0, 0.05) is 18.7 Å². The number of nitrogens with zero attached hydrogens (tertiary/aromatic N) is 1. The monoisotopic (exact) mass is 273 g/mol. The lowest BCUT2D eigenvalue weighted by Gasteiger charge is -2.21. The first kappa shape index (κ1) is 14.8. The Bertz CT molecular complexity index is 534. The van der Waals surface area contributed by atoms with E-state index in [2.05, 4.69) is 20.8 Å². The Balaban J connectivity index is 2.31. The average Bonchev–Trinajstić information content (AvgIpc) is 2.90. The molecule has 1 aromatic carbocycles. The van der Waals surface area contributed by atoms with Crippen LogP contribution in [-0.2, 0) is 10.2 Å². The summed E-state index contributed by atoms with van der Waals surface area (Å²) in [5.74, 6) is -0.716. The third kappa shape index (κ3) is 2.92. The molecule has 3 heteroatoms. The molecule has 0 N–H and O–H groups in total. The summed E-state index contributed by atoms with van der Waals surface area (Å²) >= 11 is 0. The molecule has 1 aliphatic rings. The highest BCUT2D eigenvalue weighted by molar-refractivity contribution is 6.43. The van der Waals surface area contributed by atoms with Crippen LogP contribution in [0.3, 0.4) is 0 Å². The van der Waals surface area contributed by atoms with Crippen molar-refractivity contribution in [2.45, 2.75) is 46.0 Å². The lowest BCUT2D eigenvalue weighted by Crippen LogP contribution is -2.34. The number of benzene rings is 1. The van der Waals surface area contributed by atoms with E-state index < -0.39 is 0 Å². The summed E-state index contributed by atoms with van der Waals surface area (Å²) in [6.45, 7) is 9.62. The van der Waals surface area contributed by atoms with Crippen molar-refractivity contribution in [3.63, 3.8) is 0 Å². The van der Waals surface area contributed by atoms with Gasteiger partial charge in [0.05, 0.1) is 0 Å². The quantitative estimate of drug-likeness (QED) is 0.613. The third-order valence-corrected chi connectivity index (χ3v) is 3.94. The highest BCUT2D eigenvalue weighted by Crippen LogP contribution is 2.25. The van der Waals surface area contributed by atoms with Crippen molar-refractivity contribution in [2.24, 2.45) is 0 Å². The minimum atomic E-state index is -0.365. The van der Waals surface area contributed by atoms with Crippen molar-refractivity contribution < 1.29 is 9.59 Å². The van der Waals surface area contributed by atoms with Crippen LogP contribution in [0.1, 0.15) is 55.1 Å². The van der Waals surface area contributed by atoms with Crippen LogP contribution in [0.5, 0.6) is 0 Å². The Morgan fingerprint density at radius 2 is 1.70 bits per heavy atom. The van der Waals surface area contributed by atoms with Crippen LogP contribution in [0.25, 0.3) is 0 Å². The highest BCUT2D eigenvalue weighted by Gasteiger charge is 2.27. The number of carbonyl (C=O) groups excluding carboxylic acids is 2. The normalized spacial score (nSPS) is 15.5. The van der Waals surface area contributed by atoms with E-state index in [4.69, 9.17) is 0 Å². The summed E-state index contributed by atoms with van der Waals surface area (Å²) in [4.78, 5) is 26.3. The molecule has 0 unspecified atom stereocenters. The summed E-state index contributed by atoms with van der Waals surface area (Å²) in [7, 11) is 0.